The molecule has 0 bridgehead atoms. The molecular weight excluding hydrogens is 338 g/mol. The average Bonchev–Trinajstić information content (AvgIpc) is 3.25. The summed E-state index contributed by atoms with van der Waals surface area (Å²) in [6.07, 6.45) is 1.70. The topological polar surface area (TPSA) is 98.9 Å². The first-order valence-corrected chi connectivity index (χ1v) is 8.61. The van der Waals surface area contributed by atoms with Crippen LogP contribution in [-0.2, 0) is 4.79 Å². The first-order chi connectivity index (χ1) is 12.1. The molecule has 8 heteroatoms. The van der Waals surface area contributed by atoms with Gasteiger partial charge in [-0.25, -0.2) is 4.79 Å². The smallest absolute Gasteiger partial charge is 0.319 e. The molecule has 1 unspecified atom stereocenters. The number of carbonyl (C=O) groups is 2. The third-order valence-corrected chi connectivity index (χ3v) is 4.79. The van der Waals surface area contributed by atoms with Gasteiger partial charge in [-0.15, -0.1) is 0 Å². The zero-order chi connectivity index (χ0) is 17.4. The monoisotopic (exact) mass is 353 g/mol. The van der Waals surface area contributed by atoms with Crippen LogP contribution < -0.4 is 16.0 Å². The van der Waals surface area contributed by atoms with Gasteiger partial charge in [-0.1, -0.05) is 0 Å². The van der Waals surface area contributed by atoms with Crippen molar-refractivity contribution >= 4 is 39.9 Å². The Balaban J connectivity index is 1.66. The van der Waals surface area contributed by atoms with Gasteiger partial charge in [0.25, 0.3) is 5.91 Å². The molecule has 1 aromatic carbocycles. The number of nitrogens with one attached hydrogen (secondary N) is 4. The number of fused-ring (bicyclic) bond motifs is 1. The quantitative estimate of drug-likeness (QED) is 0.583. The highest BCUT2D eigenvalue weighted by Crippen LogP contribution is 2.29. The lowest BCUT2D eigenvalue weighted by Crippen LogP contribution is -2.45. The van der Waals surface area contributed by atoms with Crippen molar-refractivity contribution in [2.45, 2.75) is 13.0 Å². The first kappa shape index (κ1) is 15.4. The Kier molecular flexibility index (Phi) is 3.73. The molecule has 0 spiro atoms. The summed E-state index contributed by atoms with van der Waals surface area (Å²) < 4.78 is 0. The predicted octanol–water partition coefficient (Wildman–Crippen LogP) is 2.89. The zero-order valence-electron chi connectivity index (χ0n) is 13.3. The molecule has 4 rings (SSSR count). The normalized spacial score (nSPS) is 17.3. The highest BCUT2D eigenvalue weighted by Gasteiger charge is 2.31. The van der Waals surface area contributed by atoms with Crippen LogP contribution in [0.1, 0.15) is 18.5 Å². The first-order valence-electron chi connectivity index (χ1n) is 7.66. The van der Waals surface area contributed by atoms with Gasteiger partial charge in [0.15, 0.2) is 0 Å². The van der Waals surface area contributed by atoms with Gasteiger partial charge in [0.1, 0.15) is 0 Å². The minimum absolute atomic E-state index is 0.260. The van der Waals surface area contributed by atoms with Crippen molar-refractivity contribution < 1.29 is 9.59 Å². The molecule has 3 aromatic rings. The number of nitrogens with zero attached hydrogens (tertiary/aromatic N) is 1. The van der Waals surface area contributed by atoms with Crippen LogP contribution in [0, 0.1) is 0 Å². The minimum atomic E-state index is -0.474. The number of hydrogen-bond donors (Lipinski definition) is 4. The second-order valence-corrected chi connectivity index (χ2v) is 6.53. The van der Waals surface area contributed by atoms with Crippen molar-refractivity contribution in [1.29, 1.82) is 0 Å². The molecular formula is C17H15N5O2S. The van der Waals surface area contributed by atoms with Crippen LogP contribution in [-0.4, -0.2) is 22.1 Å². The van der Waals surface area contributed by atoms with Crippen LogP contribution in [0.3, 0.4) is 0 Å². The second kappa shape index (κ2) is 6.06. The van der Waals surface area contributed by atoms with E-state index in [1.54, 1.807) is 13.1 Å². The maximum Gasteiger partial charge on any atom is 0.319 e. The van der Waals surface area contributed by atoms with E-state index in [0.717, 1.165) is 16.5 Å². The van der Waals surface area contributed by atoms with Crippen LogP contribution in [0.5, 0.6) is 0 Å². The number of allylic oxidation sites excluding steroid dienone is 1. The number of benzene rings is 1. The number of urea groups is 1. The predicted molar refractivity (Wildman–Crippen MR) is 96.2 cm³/mol. The minimum Gasteiger partial charge on any atom is -0.327 e. The van der Waals surface area contributed by atoms with Gasteiger partial charge in [0.05, 0.1) is 23.3 Å². The third-order valence-electron chi connectivity index (χ3n) is 4.09. The van der Waals surface area contributed by atoms with Gasteiger partial charge in [-0.3, -0.25) is 9.89 Å². The molecule has 7 nitrogen and oxygen atoms in total. The van der Waals surface area contributed by atoms with Crippen molar-refractivity contribution in [3.8, 4) is 0 Å². The molecule has 126 valence electrons. The molecule has 0 radical (unpaired) electrons. The van der Waals surface area contributed by atoms with Gasteiger partial charge < -0.3 is 16.0 Å². The fraction of sp³-hybridized carbons (Fsp3) is 0.118. The van der Waals surface area contributed by atoms with E-state index in [1.807, 2.05) is 35.0 Å². The molecule has 3 heterocycles. The highest BCUT2D eigenvalue weighted by atomic mass is 32.1. The molecule has 1 aliphatic heterocycles. The molecule has 3 amide bonds. The van der Waals surface area contributed by atoms with E-state index >= 15 is 0 Å². The summed E-state index contributed by atoms with van der Waals surface area (Å²) in [4.78, 5) is 24.7. The van der Waals surface area contributed by atoms with Crippen molar-refractivity contribution in [3.05, 3.63) is 58.1 Å². The number of amides is 3. The van der Waals surface area contributed by atoms with Crippen molar-refractivity contribution in [3.63, 3.8) is 0 Å². The zero-order valence-corrected chi connectivity index (χ0v) is 14.1. The van der Waals surface area contributed by atoms with Crippen LogP contribution in [0.2, 0.25) is 0 Å². The molecule has 0 saturated heterocycles. The lowest BCUT2D eigenvalue weighted by atomic mass is 9.97. The molecule has 4 N–H and O–H groups in total. The maximum absolute atomic E-state index is 12.9. The number of anilines is 1. The van der Waals surface area contributed by atoms with Gasteiger partial charge in [-0.2, -0.15) is 16.4 Å². The molecule has 0 fully saturated rings. The number of H-pyrrole nitrogens is 1. The Bertz CT molecular complexity index is 990. The van der Waals surface area contributed by atoms with Gasteiger partial charge in [-0.05, 0) is 47.5 Å². The van der Waals surface area contributed by atoms with Crippen molar-refractivity contribution in [2.24, 2.45) is 0 Å². The Morgan fingerprint density at radius 2 is 2.20 bits per heavy atom. The average molecular weight is 353 g/mol. The Labute approximate surface area is 147 Å². The largest absolute Gasteiger partial charge is 0.327 e. The lowest BCUT2D eigenvalue weighted by Gasteiger charge is -2.28. The number of hydrogen-bond acceptors (Lipinski definition) is 4. The number of thiophene rings is 1. The second-order valence-electron chi connectivity index (χ2n) is 5.75. The summed E-state index contributed by atoms with van der Waals surface area (Å²) >= 11 is 1.52. The van der Waals surface area contributed by atoms with Crippen LogP contribution in [0.4, 0.5) is 10.5 Å². The van der Waals surface area contributed by atoms with Crippen LogP contribution in [0.15, 0.2) is 52.5 Å². The summed E-state index contributed by atoms with van der Waals surface area (Å²) in [5, 5.41) is 20.0. The fourth-order valence-corrected chi connectivity index (χ4v) is 3.59. The Morgan fingerprint density at radius 1 is 1.32 bits per heavy atom. The van der Waals surface area contributed by atoms with Gasteiger partial charge in [0, 0.05) is 16.8 Å². The maximum atomic E-state index is 12.9. The Morgan fingerprint density at radius 3 is 3.00 bits per heavy atom. The summed E-state index contributed by atoms with van der Waals surface area (Å²) in [6, 6.07) is 6.63. The summed E-state index contributed by atoms with van der Waals surface area (Å²) in [5.41, 5.74) is 3.48. The lowest BCUT2D eigenvalue weighted by molar-refractivity contribution is -0.113. The standard InChI is InChI=1S/C17H15N5O2S/c1-9-14(15(21-17(24)19-9)10-4-5-25-8-10)16(23)20-12-2-3-13-11(6-12)7-18-22-13/h2-8,15H,1H3,(H,18,22)(H,20,23)(H2,19,21,24). The third kappa shape index (κ3) is 2.87. The summed E-state index contributed by atoms with van der Waals surface area (Å²) in [5.74, 6) is -0.260. The molecule has 2 aromatic heterocycles. The number of aromatic amines is 1. The van der Waals surface area contributed by atoms with Crippen LogP contribution >= 0.6 is 11.3 Å². The van der Waals surface area contributed by atoms with Gasteiger partial charge in [0.2, 0.25) is 0 Å². The summed E-state index contributed by atoms with van der Waals surface area (Å²) in [6.45, 7) is 1.73. The van der Waals surface area contributed by atoms with E-state index in [4.69, 9.17) is 0 Å². The molecule has 0 aliphatic carbocycles. The molecule has 25 heavy (non-hydrogen) atoms. The number of carbonyl (C=O) groups excluding carboxylic acids is 2. The summed E-state index contributed by atoms with van der Waals surface area (Å²) in [7, 11) is 0. The Hall–Kier alpha value is -3.13. The van der Waals surface area contributed by atoms with Crippen LogP contribution in [0.25, 0.3) is 10.9 Å². The van der Waals surface area contributed by atoms with E-state index in [2.05, 4.69) is 26.1 Å². The van der Waals surface area contributed by atoms with Crippen molar-refractivity contribution in [1.82, 2.24) is 20.8 Å². The molecule has 1 atom stereocenters. The van der Waals surface area contributed by atoms with Gasteiger partial charge >= 0.3 is 6.03 Å². The number of aromatic nitrogens is 2. The fourth-order valence-electron chi connectivity index (χ4n) is 2.90. The van der Waals surface area contributed by atoms with E-state index in [1.165, 1.54) is 11.3 Å². The van der Waals surface area contributed by atoms with E-state index in [9.17, 15) is 9.59 Å². The highest BCUT2D eigenvalue weighted by molar-refractivity contribution is 7.08. The number of rotatable bonds is 3. The van der Waals surface area contributed by atoms with E-state index in [-0.39, 0.29) is 11.9 Å². The van der Waals surface area contributed by atoms with Crippen molar-refractivity contribution in [2.75, 3.05) is 5.32 Å². The van der Waals surface area contributed by atoms with E-state index < -0.39 is 6.04 Å². The van der Waals surface area contributed by atoms with E-state index in [0.29, 0.717) is 17.0 Å². The SMILES string of the molecule is CC1=C(C(=O)Nc2ccc3[nH]ncc3c2)C(c2ccsc2)NC(=O)N1. The molecule has 0 saturated carbocycles. The molecule has 1 aliphatic rings.